The van der Waals surface area contributed by atoms with E-state index >= 15 is 0 Å². The summed E-state index contributed by atoms with van der Waals surface area (Å²) < 4.78 is 28.0. The Morgan fingerprint density at radius 2 is 1.67 bits per heavy atom. The van der Waals surface area contributed by atoms with Gasteiger partial charge in [-0.25, -0.2) is 8.42 Å². The Kier molecular flexibility index (Phi) is 6.67. The quantitative estimate of drug-likeness (QED) is 0.722. The number of amides is 1. The molecule has 1 amide bonds. The normalized spacial score (nSPS) is 19.0. The lowest BCUT2D eigenvalue weighted by Crippen LogP contribution is -2.49. The third-order valence-electron chi connectivity index (χ3n) is 5.82. The van der Waals surface area contributed by atoms with Gasteiger partial charge in [-0.2, -0.15) is 4.31 Å². The lowest BCUT2D eigenvalue weighted by molar-refractivity contribution is 0.0928. The van der Waals surface area contributed by atoms with Crippen molar-refractivity contribution in [3.05, 3.63) is 45.6 Å². The number of hydrogen-bond acceptors (Lipinski definition) is 5. The number of nitrogens with one attached hydrogen (secondary N) is 1. The van der Waals surface area contributed by atoms with E-state index < -0.39 is 10.0 Å². The lowest BCUT2D eigenvalue weighted by atomic mass is 9.95. The molecule has 1 aromatic carbocycles. The second kappa shape index (κ2) is 9.26. The van der Waals surface area contributed by atoms with Gasteiger partial charge in [0.25, 0.3) is 5.91 Å². The second-order valence-electron chi connectivity index (χ2n) is 7.79. The predicted octanol–water partition coefficient (Wildman–Crippen LogP) is 3.97. The van der Waals surface area contributed by atoms with Crippen molar-refractivity contribution in [2.75, 3.05) is 31.1 Å². The SMILES string of the molecule is O=C(NC1CCCCC1)c1sccc1S(=O)(=O)N1CCN(c2ccc(Cl)cc2)CC1. The number of nitrogens with zero attached hydrogens (tertiary/aromatic N) is 2. The molecule has 4 rings (SSSR count). The van der Waals surface area contributed by atoms with Gasteiger partial charge in [0, 0.05) is 42.9 Å². The van der Waals surface area contributed by atoms with E-state index in [4.69, 9.17) is 11.6 Å². The minimum absolute atomic E-state index is 0.126. The highest BCUT2D eigenvalue weighted by Gasteiger charge is 2.33. The number of rotatable bonds is 5. The van der Waals surface area contributed by atoms with Gasteiger partial charge in [0.15, 0.2) is 0 Å². The average Bonchev–Trinajstić information content (AvgIpc) is 3.26. The van der Waals surface area contributed by atoms with E-state index in [2.05, 4.69) is 10.2 Å². The van der Waals surface area contributed by atoms with Gasteiger partial charge in [0.05, 0.1) is 0 Å². The lowest BCUT2D eigenvalue weighted by Gasteiger charge is -2.35. The van der Waals surface area contributed by atoms with Crippen LogP contribution in [-0.4, -0.2) is 50.9 Å². The first kappa shape index (κ1) is 21.6. The van der Waals surface area contributed by atoms with E-state index in [9.17, 15) is 13.2 Å². The van der Waals surface area contributed by atoms with Gasteiger partial charge in [-0.15, -0.1) is 11.3 Å². The number of carbonyl (C=O) groups excluding carboxylic acids is 1. The van der Waals surface area contributed by atoms with Gasteiger partial charge in [-0.1, -0.05) is 30.9 Å². The van der Waals surface area contributed by atoms with Crippen LogP contribution in [0.3, 0.4) is 0 Å². The topological polar surface area (TPSA) is 69.7 Å². The Bertz CT molecular complexity index is 977. The van der Waals surface area contributed by atoms with E-state index in [1.807, 2.05) is 24.3 Å². The zero-order valence-electron chi connectivity index (χ0n) is 16.7. The average molecular weight is 468 g/mol. The minimum atomic E-state index is -3.71. The van der Waals surface area contributed by atoms with Crippen LogP contribution in [0.15, 0.2) is 40.6 Å². The molecule has 0 bridgehead atoms. The maximum Gasteiger partial charge on any atom is 0.262 e. The predicted molar refractivity (Wildman–Crippen MR) is 121 cm³/mol. The summed E-state index contributed by atoms with van der Waals surface area (Å²) in [5, 5.41) is 5.40. The van der Waals surface area contributed by atoms with Crippen molar-refractivity contribution in [3.8, 4) is 0 Å². The van der Waals surface area contributed by atoms with Crippen LogP contribution >= 0.6 is 22.9 Å². The Balaban J connectivity index is 1.44. The summed E-state index contributed by atoms with van der Waals surface area (Å²) in [6.07, 6.45) is 5.35. The molecule has 162 valence electrons. The third-order valence-corrected chi connectivity index (χ3v) is 9.06. The summed E-state index contributed by atoms with van der Waals surface area (Å²) in [7, 11) is -3.71. The summed E-state index contributed by atoms with van der Waals surface area (Å²) in [4.78, 5) is 15.3. The first-order valence-corrected chi connectivity index (χ1v) is 13.0. The number of anilines is 1. The van der Waals surface area contributed by atoms with Gasteiger partial charge in [0.1, 0.15) is 9.77 Å². The minimum Gasteiger partial charge on any atom is -0.369 e. The van der Waals surface area contributed by atoms with E-state index in [1.54, 1.807) is 11.4 Å². The molecule has 0 unspecified atom stereocenters. The zero-order chi connectivity index (χ0) is 21.1. The highest BCUT2D eigenvalue weighted by molar-refractivity contribution is 7.89. The molecule has 2 aliphatic rings. The molecule has 2 aromatic rings. The van der Waals surface area contributed by atoms with Crippen LogP contribution < -0.4 is 10.2 Å². The van der Waals surface area contributed by atoms with Gasteiger partial charge in [-0.05, 0) is 48.6 Å². The standard InChI is InChI=1S/C21H26ClN3O3S2/c22-16-6-8-18(9-7-16)24-11-13-25(14-12-24)30(27,28)19-10-15-29-20(19)21(26)23-17-4-2-1-3-5-17/h6-10,15,17H,1-5,11-14H2,(H,23,26). The van der Waals surface area contributed by atoms with Crippen molar-refractivity contribution in [3.63, 3.8) is 0 Å². The fraction of sp³-hybridized carbons (Fsp3) is 0.476. The monoisotopic (exact) mass is 467 g/mol. The third kappa shape index (κ3) is 4.66. The molecule has 6 nitrogen and oxygen atoms in total. The molecule has 1 N–H and O–H groups in total. The molecular weight excluding hydrogens is 442 g/mol. The molecule has 1 saturated carbocycles. The molecule has 30 heavy (non-hydrogen) atoms. The van der Waals surface area contributed by atoms with Crippen molar-refractivity contribution >= 4 is 44.6 Å². The number of benzene rings is 1. The van der Waals surface area contributed by atoms with Crippen LogP contribution in [0.4, 0.5) is 5.69 Å². The Morgan fingerprint density at radius 1 is 1.00 bits per heavy atom. The fourth-order valence-corrected chi connectivity index (χ4v) is 6.99. The van der Waals surface area contributed by atoms with E-state index in [0.29, 0.717) is 36.1 Å². The highest BCUT2D eigenvalue weighted by atomic mass is 35.5. The molecule has 0 spiro atoms. The van der Waals surface area contributed by atoms with E-state index in [-0.39, 0.29) is 16.8 Å². The molecule has 9 heteroatoms. The number of thiophene rings is 1. The molecule has 1 saturated heterocycles. The van der Waals surface area contributed by atoms with Crippen molar-refractivity contribution < 1.29 is 13.2 Å². The molecule has 1 aliphatic carbocycles. The maximum absolute atomic E-state index is 13.3. The summed E-state index contributed by atoms with van der Waals surface area (Å²) in [6.45, 7) is 1.94. The number of hydrogen-bond donors (Lipinski definition) is 1. The molecule has 0 atom stereocenters. The van der Waals surface area contributed by atoms with E-state index in [0.717, 1.165) is 31.4 Å². The Morgan fingerprint density at radius 3 is 2.33 bits per heavy atom. The number of sulfonamides is 1. The van der Waals surface area contributed by atoms with Crippen molar-refractivity contribution in [1.29, 1.82) is 0 Å². The van der Waals surface area contributed by atoms with Crippen LogP contribution in [0.2, 0.25) is 5.02 Å². The molecule has 2 fully saturated rings. The summed E-state index contributed by atoms with van der Waals surface area (Å²) >= 11 is 7.15. The van der Waals surface area contributed by atoms with Crippen molar-refractivity contribution in [2.45, 2.75) is 43.0 Å². The molecule has 1 aliphatic heterocycles. The van der Waals surface area contributed by atoms with Gasteiger partial charge in [0.2, 0.25) is 10.0 Å². The Labute approximate surface area is 186 Å². The van der Waals surface area contributed by atoms with Crippen molar-refractivity contribution in [1.82, 2.24) is 9.62 Å². The number of piperazine rings is 1. The largest absolute Gasteiger partial charge is 0.369 e. The zero-order valence-corrected chi connectivity index (χ0v) is 19.1. The molecule has 1 aromatic heterocycles. The molecular formula is C21H26ClN3O3S2. The van der Waals surface area contributed by atoms with Gasteiger partial charge < -0.3 is 10.2 Å². The Hall–Kier alpha value is -1.61. The van der Waals surface area contributed by atoms with Crippen LogP contribution in [0.1, 0.15) is 41.8 Å². The van der Waals surface area contributed by atoms with E-state index in [1.165, 1.54) is 22.1 Å². The number of carbonyl (C=O) groups is 1. The van der Waals surface area contributed by atoms with Crippen LogP contribution in [0.5, 0.6) is 0 Å². The molecule has 0 radical (unpaired) electrons. The summed E-state index contributed by atoms with van der Waals surface area (Å²) in [5.41, 5.74) is 1.03. The summed E-state index contributed by atoms with van der Waals surface area (Å²) in [6, 6.07) is 9.26. The fourth-order valence-electron chi connectivity index (χ4n) is 4.14. The first-order valence-electron chi connectivity index (χ1n) is 10.3. The smallest absolute Gasteiger partial charge is 0.262 e. The summed E-state index contributed by atoms with van der Waals surface area (Å²) in [5.74, 6) is -0.268. The molecule has 2 heterocycles. The second-order valence-corrected chi connectivity index (χ2v) is 11.0. The van der Waals surface area contributed by atoms with Crippen LogP contribution in [0, 0.1) is 0 Å². The van der Waals surface area contributed by atoms with Gasteiger partial charge in [-0.3, -0.25) is 4.79 Å². The number of halogens is 1. The first-order chi connectivity index (χ1) is 14.4. The van der Waals surface area contributed by atoms with Crippen LogP contribution in [-0.2, 0) is 10.0 Å². The van der Waals surface area contributed by atoms with Gasteiger partial charge >= 0.3 is 0 Å². The highest BCUT2D eigenvalue weighted by Crippen LogP contribution is 2.28. The maximum atomic E-state index is 13.3. The van der Waals surface area contributed by atoms with Crippen molar-refractivity contribution in [2.24, 2.45) is 0 Å². The van der Waals surface area contributed by atoms with Crippen LogP contribution in [0.25, 0.3) is 0 Å².